The number of aromatic nitrogens is 4. The molecule has 33 heavy (non-hydrogen) atoms. The first-order chi connectivity index (χ1) is 16.0. The van der Waals surface area contributed by atoms with Crippen LogP contribution < -0.4 is 20.1 Å². The molecule has 0 fully saturated rings. The maximum absolute atomic E-state index is 6.31. The quantitative estimate of drug-likeness (QED) is 0.432. The number of benzene rings is 3. The summed E-state index contributed by atoms with van der Waals surface area (Å²) in [6.45, 7) is 5.83. The zero-order chi connectivity index (χ0) is 22.9. The van der Waals surface area contributed by atoms with Crippen LogP contribution in [0.5, 0.6) is 11.5 Å². The van der Waals surface area contributed by atoms with Crippen LogP contribution in [-0.4, -0.2) is 34.5 Å². The molecule has 5 rings (SSSR count). The summed E-state index contributed by atoms with van der Waals surface area (Å²) in [5, 5.41) is 18.0. The third-order valence-corrected chi connectivity index (χ3v) is 5.48. The molecule has 6 heteroatoms. The molecule has 3 aromatic carbocycles. The third kappa shape index (κ3) is 4.11. The summed E-state index contributed by atoms with van der Waals surface area (Å²) < 4.78 is 6.31. The fraction of sp³-hybridized carbons (Fsp3) is 0.111. The van der Waals surface area contributed by atoms with Gasteiger partial charge in [0.25, 0.3) is 0 Å². The van der Waals surface area contributed by atoms with Gasteiger partial charge < -0.3 is 9.64 Å². The van der Waals surface area contributed by atoms with E-state index in [0.29, 0.717) is 11.6 Å². The van der Waals surface area contributed by atoms with E-state index in [1.54, 1.807) is 6.92 Å². The van der Waals surface area contributed by atoms with E-state index >= 15 is 0 Å². The number of aryl methyl sites for hydroxylation is 1. The fourth-order valence-corrected chi connectivity index (χ4v) is 3.83. The average Bonchev–Trinajstić information content (AvgIpc) is 2.82. The first kappa shape index (κ1) is 20.6. The molecular weight excluding hydrogens is 410 g/mol. The van der Waals surface area contributed by atoms with Crippen molar-refractivity contribution in [2.45, 2.75) is 6.92 Å². The highest BCUT2D eigenvalue weighted by atomic mass is 16.5. The lowest BCUT2D eigenvalue weighted by Gasteiger charge is -2.23. The van der Waals surface area contributed by atoms with Crippen LogP contribution in [0.2, 0.25) is 0 Å². The molecule has 6 nitrogen and oxygen atoms in total. The SMILES string of the molecule is C=c1ccc2c(c1)Oc1cc(N(C)C)ccc1C=2c1cccc(/C=C/c2nnc(C)nn2)c1. The van der Waals surface area contributed by atoms with Crippen LogP contribution in [0.25, 0.3) is 24.3 Å². The predicted molar refractivity (Wildman–Crippen MR) is 131 cm³/mol. The van der Waals surface area contributed by atoms with Crippen molar-refractivity contribution in [3.8, 4) is 11.5 Å². The van der Waals surface area contributed by atoms with Gasteiger partial charge in [0.15, 0.2) is 11.6 Å². The molecular formula is C27H23N5O. The second-order valence-corrected chi connectivity index (χ2v) is 8.15. The lowest BCUT2D eigenvalue weighted by atomic mass is 9.91. The molecule has 1 aromatic heterocycles. The van der Waals surface area contributed by atoms with Crippen molar-refractivity contribution in [1.29, 1.82) is 0 Å². The van der Waals surface area contributed by atoms with E-state index < -0.39 is 0 Å². The third-order valence-electron chi connectivity index (χ3n) is 5.48. The Labute approximate surface area is 192 Å². The number of anilines is 1. The van der Waals surface area contributed by atoms with Crippen molar-refractivity contribution in [2.24, 2.45) is 0 Å². The minimum Gasteiger partial charge on any atom is -0.456 e. The Hall–Kier alpha value is -4.32. The zero-order valence-electron chi connectivity index (χ0n) is 18.8. The Bertz CT molecular complexity index is 1490. The van der Waals surface area contributed by atoms with Gasteiger partial charge in [-0.2, -0.15) is 0 Å². The minimum absolute atomic E-state index is 0.472. The van der Waals surface area contributed by atoms with Crippen LogP contribution in [0.3, 0.4) is 0 Å². The van der Waals surface area contributed by atoms with Gasteiger partial charge >= 0.3 is 0 Å². The second kappa shape index (κ2) is 8.31. The maximum atomic E-state index is 6.31. The van der Waals surface area contributed by atoms with Crippen molar-refractivity contribution < 1.29 is 4.74 Å². The monoisotopic (exact) mass is 433 g/mol. The van der Waals surface area contributed by atoms with Crippen molar-refractivity contribution in [3.05, 3.63) is 99.4 Å². The molecule has 1 aliphatic heterocycles. The maximum Gasteiger partial charge on any atom is 0.196 e. The van der Waals surface area contributed by atoms with Gasteiger partial charge in [0.1, 0.15) is 11.5 Å². The van der Waals surface area contributed by atoms with Crippen LogP contribution in [0, 0.1) is 6.92 Å². The number of rotatable bonds is 4. The van der Waals surface area contributed by atoms with Crippen LogP contribution in [0.15, 0.2) is 60.7 Å². The molecule has 0 spiro atoms. The Kier molecular flexibility index (Phi) is 5.18. The number of ether oxygens (including phenoxy) is 1. The topological polar surface area (TPSA) is 64.0 Å². The van der Waals surface area contributed by atoms with Gasteiger partial charge in [0, 0.05) is 42.2 Å². The molecule has 0 amide bonds. The highest BCUT2D eigenvalue weighted by Gasteiger charge is 2.20. The van der Waals surface area contributed by atoms with Crippen molar-refractivity contribution in [1.82, 2.24) is 20.4 Å². The summed E-state index contributed by atoms with van der Waals surface area (Å²) in [4.78, 5) is 2.07. The molecule has 162 valence electrons. The van der Waals surface area contributed by atoms with Crippen LogP contribution >= 0.6 is 0 Å². The van der Waals surface area contributed by atoms with Crippen molar-refractivity contribution >= 4 is 30.0 Å². The Morgan fingerprint density at radius 1 is 0.848 bits per heavy atom. The molecule has 0 radical (unpaired) electrons. The molecule has 0 saturated heterocycles. The molecule has 0 atom stereocenters. The molecule has 0 N–H and O–H groups in total. The highest BCUT2D eigenvalue weighted by Crippen LogP contribution is 2.38. The molecule has 0 unspecified atom stereocenters. The van der Waals surface area contributed by atoms with E-state index in [0.717, 1.165) is 49.9 Å². The number of hydrogen-bond donors (Lipinski definition) is 0. The summed E-state index contributed by atoms with van der Waals surface area (Å²) in [5.74, 6) is 2.66. The average molecular weight is 434 g/mol. The molecule has 1 aliphatic rings. The summed E-state index contributed by atoms with van der Waals surface area (Å²) >= 11 is 0. The van der Waals surface area contributed by atoms with E-state index in [2.05, 4.69) is 68.3 Å². The molecule has 0 aliphatic carbocycles. The zero-order valence-corrected chi connectivity index (χ0v) is 18.8. The summed E-state index contributed by atoms with van der Waals surface area (Å²) in [6.07, 6.45) is 3.78. The fourth-order valence-electron chi connectivity index (χ4n) is 3.83. The summed E-state index contributed by atoms with van der Waals surface area (Å²) in [5.41, 5.74) is 5.39. The van der Waals surface area contributed by atoms with Crippen molar-refractivity contribution in [3.63, 3.8) is 0 Å². The normalized spacial score (nSPS) is 12.3. The van der Waals surface area contributed by atoms with Gasteiger partial charge in [-0.15, -0.1) is 20.4 Å². The Morgan fingerprint density at radius 3 is 2.45 bits per heavy atom. The van der Waals surface area contributed by atoms with Gasteiger partial charge in [-0.25, -0.2) is 0 Å². The van der Waals surface area contributed by atoms with Crippen LogP contribution in [-0.2, 0) is 0 Å². The molecule has 0 saturated carbocycles. The van der Waals surface area contributed by atoms with Crippen molar-refractivity contribution in [2.75, 3.05) is 19.0 Å². The summed E-state index contributed by atoms with van der Waals surface area (Å²) in [7, 11) is 4.05. The summed E-state index contributed by atoms with van der Waals surface area (Å²) in [6, 6.07) is 20.8. The molecule has 4 aromatic rings. The number of hydrogen-bond acceptors (Lipinski definition) is 6. The lowest BCUT2D eigenvalue weighted by molar-refractivity contribution is 0.472. The molecule has 2 heterocycles. The first-order valence-corrected chi connectivity index (χ1v) is 10.6. The highest BCUT2D eigenvalue weighted by molar-refractivity contribution is 5.87. The molecule has 0 bridgehead atoms. The Morgan fingerprint density at radius 2 is 1.67 bits per heavy atom. The van der Waals surface area contributed by atoms with Crippen LogP contribution in [0.4, 0.5) is 5.69 Å². The first-order valence-electron chi connectivity index (χ1n) is 10.6. The van der Waals surface area contributed by atoms with Gasteiger partial charge in [-0.1, -0.05) is 43.0 Å². The van der Waals surface area contributed by atoms with E-state index in [-0.39, 0.29) is 0 Å². The predicted octanol–water partition coefficient (Wildman–Crippen LogP) is 3.57. The standard InChI is InChI=1S/C27H23N5O/c1-17-8-11-22-24(14-17)33-25-16-21(32(3)4)10-12-23(25)27(22)20-7-5-6-19(15-20)9-13-26-30-28-18(2)29-31-26/h5-16H,1H2,2-4H3/b13-9+. The van der Waals surface area contributed by atoms with Gasteiger partial charge in [0.2, 0.25) is 0 Å². The second-order valence-electron chi connectivity index (χ2n) is 8.15. The van der Waals surface area contributed by atoms with E-state index in [1.807, 2.05) is 50.5 Å². The minimum atomic E-state index is 0.472. The van der Waals surface area contributed by atoms with Gasteiger partial charge in [-0.3, -0.25) is 0 Å². The lowest BCUT2D eigenvalue weighted by Crippen LogP contribution is -2.20. The van der Waals surface area contributed by atoms with Gasteiger partial charge in [0.05, 0.1) is 0 Å². The largest absolute Gasteiger partial charge is 0.456 e. The van der Waals surface area contributed by atoms with E-state index in [4.69, 9.17) is 4.74 Å². The van der Waals surface area contributed by atoms with E-state index in [1.165, 1.54) is 0 Å². The van der Waals surface area contributed by atoms with Gasteiger partial charge in [-0.05, 0) is 53.6 Å². The van der Waals surface area contributed by atoms with Crippen LogP contribution in [0.1, 0.15) is 28.3 Å². The van der Waals surface area contributed by atoms with E-state index in [9.17, 15) is 0 Å². The number of fused-ring (bicyclic) bond motifs is 2. The smallest absolute Gasteiger partial charge is 0.196 e. The Balaban J connectivity index is 1.64. The number of nitrogens with zero attached hydrogens (tertiary/aromatic N) is 5.